The summed E-state index contributed by atoms with van der Waals surface area (Å²) in [5, 5.41) is 12.2. The standard InChI is InChI=1S/C19H21NO3/c21-17-11-9-14(10-12-17)15-5-4-6-16(13-15)20-19(22)23-18-7-2-1-3-8-18/h4-6,9-13,18,21H,1-3,7-8H2,(H,20,22). The van der Waals surface area contributed by atoms with E-state index in [-0.39, 0.29) is 17.9 Å². The Labute approximate surface area is 136 Å². The lowest BCUT2D eigenvalue weighted by Crippen LogP contribution is -2.24. The van der Waals surface area contributed by atoms with Crippen molar-refractivity contribution in [2.75, 3.05) is 5.32 Å². The predicted octanol–water partition coefficient (Wildman–Crippen LogP) is 4.94. The summed E-state index contributed by atoms with van der Waals surface area (Å²) in [5.74, 6) is 0.235. The molecule has 0 saturated heterocycles. The van der Waals surface area contributed by atoms with E-state index in [1.165, 1.54) is 6.42 Å². The third kappa shape index (κ3) is 4.25. The predicted molar refractivity (Wildman–Crippen MR) is 90.5 cm³/mol. The number of carbonyl (C=O) groups excluding carboxylic acids is 1. The van der Waals surface area contributed by atoms with E-state index < -0.39 is 0 Å². The molecule has 0 atom stereocenters. The van der Waals surface area contributed by atoms with E-state index in [0.29, 0.717) is 5.69 Å². The van der Waals surface area contributed by atoms with Gasteiger partial charge >= 0.3 is 6.09 Å². The number of nitrogens with one attached hydrogen (secondary N) is 1. The van der Waals surface area contributed by atoms with Gasteiger partial charge < -0.3 is 9.84 Å². The van der Waals surface area contributed by atoms with Crippen LogP contribution in [0.4, 0.5) is 10.5 Å². The first-order valence-electron chi connectivity index (χ1n) is 8.08. The summed E-state index contributed by atoms with van der Waals surface area (Å²) in [4.78, 5) is 12.0. The summed E-state index contributed by atoms with van der Waals surface area (Å²) in [5.41, 5.74) is 2.66. The largest absolute Gasteiger partial charge is 0.508 e. The van der Waals surface area contributed by atoms with E-state index in [9.17, 15) is 9.90 Å². The molecule has 1 fully saturated rings. The van der Waals surface area contributed by atoms with Gasteiger partial charge in [-0.05, 0) is 61.1 Å². The minimum atomic E-state index is -0.389. The summed E-state index contributed by atoms with van der Waals surface area (Å²) in [6, 6.07) is 14.6. The Morgan fingerprint density at radius 1 is 1.00 bits per heavy atom. The molecule has 0 spiro atoms. The van der Waals surface area contributed by atoms with Crippen LogP contribution in [0.2, 0.25) is 0 Å². The number of carbonyl (C=O) groups is 1. The monoisotopic (exact) mass is 311 g/mol. The highest BCUT2D eigenvalue weighted by molar-refractivity contribution is 5.86. The lowest BCUT2D eigenvalue weighted by molar-refractivity contribution is 0.0865. The molecule has 1 aliphatic carbocycles. The molecular formula is C19H21NO3. The van der Waals surface area contributed by atoms with Gasteiger partial charge in [0.05, 0.1) is 0 Å². The van der Waals surface area contributed by atoms with Crippen LogP contribution in [-0.4, -0.2) is 17.3 Å². The van der Waals surface area contributed by atoms with Crippen molar-refractivity contribution in [2.24, 2.45) is 0 Å². The van der Waals surface area contributed by atoms with Crippen molar-refractivity contribution in [2.45, 2.75) is 38.2 Å². The van der Waals surface area contributed by atoms with Crippen molar-refractivity contribution < 1.29 is 14.6 Å². The summed E-state index contributed by atoms with van der Waals surface area (Å²) in [7, 11) is 0. The van der Waals surface area contributed by atoms with Crippen LogP contribution in [0, 0.1) is 0 Å². The van der Waals surface area contributed by atoms with Gasteiger partial charge in [-0.15, -0.1) is 0 Å². The number of amides is 1. The SMILES string of the molecule is O=C(Nc1cccc(-c2ccc(O)cc2)c1)OC1CCCCC1. The number of hydrogen-bond donors (Lipinski definition) is 2. The Morgan fingerprint density at radius 2 is 1.74 bits per heavy atom. The molecule has 4 heteroatoms. The average molecular weight is 311 g/mol. The van der Waals surface area contributed by atoms with Gasteiger partial charge in [-0.2, -0.15) is 0 Å². The second-order valence-electron chi connectivity index (χ2n) is 5.92. The molecule has 2 N–H and O–H groups in total. The number of hydrogen-bond acceptors (Lipinski definition) is 3. The lowest BCUT2D eigenvalue weighted by atomic mass is 9.98. The Hall–Kier alpha value is -2.49. The van der Waals surface area contributed by atoms with Crippen LogP contribution in [0.5, 0.6) is 5.75 Å². The summed E-state index contributed by atoms with van der Waals surface area (Å²) in [6.45, 7) is 0. The zero-order valence-electron chi connectivity index (χ0n) is 13.0. The van der Waals surface area contributed by atoms with Crippen LogP contribution >= 0.6 is 0 Å². The first-order chi connectivity index (χ1) is 11.2. The number of phenols is 1. The summed E-state index contributed by atoms with van der Waals surface area (Å²) >= 11 is 0. The van der Waals surface area contributed by atoms with Crippen molar-refractivity contribution in [1.29, 1.82) is 0 Å². The topological polar surface area (TPSA) is 58.6 Å². The third-order valence-electron chi connectivity index (χ3n) is 4.14. The van der Waals surface area contributed by atoms with E-state index in [2.05, 4.69) is 5.32 Å². The van der Waals surface area contributed by atoms with Crippen LogP contribution < -0.4 is 5.32 Å². The number of phenolic OH excluding ortho intramolecular Hbond substituents is 1. The van der Waals surface area contributed by atoms with Crippen LogP contribution in [-0.2, 0) is 4.74 Å². The molecule has 23 heavy (non-hydrogen) atoms. The van der Waals surface area contributed by atoms with Gasteiger partial charge in [-0.3, -0.25) is 5.32 Å². The fourth-order valence-corrected chi connectivity index (χ4v) is 2.91. The fraction of sp³-hybridized carbons (Fsp3) is 0.316. The number of benzene rings is 2. The molecule has 1 saturated carbocycles. The van der Waals surface area contributed by atoms with Crippen LogP contribution in [0.25, 0.3) is 11.1 Å². The van der Waals surface area contributed by atoms with E-state index in [1.807, 2.05) is 36.4 Å². The average Bonchev–Trinajstić information content (AvgIpc) is 2.56. The van der Waals surface area contributed by atoms with Crippen LogP contribution in [0.1, 0.15) is 32.1 Å². The molecule has 0 radical (unpaired) electrons. The van der Waals surface area contributed by atoms with Crippen molar-refractivity contribution in [3.8, 4) is 16.9 Å². The molecule has 1 amide bonds. The minimum absolute atomic E-state index is 0.0454. The minimum Gasteiger partial charge on any atom is -0.508 e. The zero-order valence-corrected chi connectivity index (χ0v) is 13.0. The Bertz CT molecular complexity index is 661. The Kier molecular flexibility index (Phi) is 4.81. The number of ether oxygens (including phenoxy) is 1. The highest BCUT2D eigenvalue weighted by atomic mass is 16.6. The Morgan fingerprint density at radius 3 is 2.48 bits per heavy atom. The zero-order chi connectivity index (χ0) is 16.1. The fourth-order valence-electron chi connectivity index (χ4n) is 2.91. The molecule has 1 aliphatic rings. The highest BCUT2D eigenvalue weighted by Gasteiger charge is 2.17. The van der Waals surface area contributed by atoms with Crippen molar-refractivity contribution in [3.05, 3.63) is 48.5 Å². The highest BCUT2D eigenvalue weighted by Crippen LogP contribution is 2.25. The van der Waals surface area contributed by atoms with Gasteiger partial charge in [0.1, 0.15) is 11.9 Å². The van der Waals surface area contributed by atoms with Gasteiger partial charge in [-0.1, -0.05) is 30.7 Å². The van der Waals surface area contributed by atoms with E-state index in [0.717, 1.165) is 36.8 Å². The van der Waals surface area contributed by atoms with Crippen molar-refractivity contribution >= 4 is 11.8 Å². The molecule has 0 unspecified atom stereocenters. The van der Waals surface area contributed by atoms with Crippen molar-refractivity contribution in [3.63, 3.8) is 0 Å². The maximum atomic E-state index is 12.0. The van der Waals surface area contributed by atoms with E-state index in [4.69, 9.17) is 4.74 Å². The van der Waals surface area contributed by atoms with Gasteiger partial charge in [-0.25, -0.2) is 4.79 Å². The number of anilines is 1. The third-order valence-corrected chi connectivity index (χ3v) is 4.14. The molecule has 0 bridgehead atoms. The molecule has 2 aromatic carbocycles. The van der Waals surface area contributed by atoms with Gasteiger partial charge in [0.2, 0.25) is 0 Å². The summed E-state index contributed by atoms with van der Waals surface area (Å²) < 4.78 is 5.47. The summed E-state index contributed by atoms with van der Waals surface area (Å²) in [6.07, 6.45) is 5.07. The second kappa shape index (κ2) is 7.18. The Balaban J connectivity index is 1.65. The van der Waals surface area contributed by atoms with Gasteiger partial charge in [0.15, 0.2) is 0 Å². The smallest absolute Gasteiger partial charge is 0.411 e. The van der Waals surface area contributed by atoms with E-state index >= 15 is 0 Å². The molecule has 120 valence electrons. The van der Waals surface area contributed by atoms with Crippen molar-refractivity contribution in [1.82, 2.24) is 0 Å². The molecule has 3 rings (SSSR count). The molecule has 0 aromatic heterocycles. The molecule has 2 aromatic rings. The number of aromatic hydroxyl groups is 1. The lowest BCUT2D eigenvalue weighted by Gasteiger charge is -2.21. The number of rotatable bonds is 3. The maximum absolute atomic E-state index is 12.0. The molecule has 0 aliphatic heterocycles. The maximum Gasteiger partial charge on any atom is 0.411 e. The second-order valence-corrected chi connectivity index (χ2v) is 5.92. The first-order valence-corrected chi connectivity index (χ1v) is 8.08. The molecular weight excluding hydrogens is 290 g/mol. The van der Waals surface area contributed by atoms with Crippen LogP contribution in [0.3, 0.4) is 0 Å². The normalized spacial score (nSPS) is 15.1. The van der Waals surface area contributed by atoms with Gasteiger partial charge in [0.25, 0.3) is 0 Å². The van der Waals surface area contributed by atoms with Crippen LogP contribution in [0.15, 0.2) is 48.5 Å². The molecule has 4 nitrogen and oxygen atoms in total. The van der Waals surface area contributed by atoms with Gasteiger partial charge in [0, 0.05) is 5.69 Å². The van der Waals surface area contributed by atoms with E-state index in [1.54, 1.807) is 12.1 Å². The molecule has 0 heterocycles. The quantitative estimate of drug-likeness (QED) is 0.844. The first kappa shape index (κ1) is 15.4.